The van der Waals surface area contributed by atoms with Crippen LogP contribution in [0.5, 0.6) is 0 Å². The van der Waals surface area contributed by atoms with Crippen LogP contribution in [0.1, 0.15) is 51.6 Å². The van der Waals surface area contributed by atoms with E-state index in [0.29, 0.717) is 4.90 Å². The number of hydrogen-bond donors (Lipinski definition) is 1. The first-order valence-electron chi connectivity index (χ1n) is 7.23. The number of sulfonamides is 1. The summed E-state index contributed by atoms with van der Waals surface area (Å²) in [5, 5.41) is 0. The third-order valence-electron chi connectivity index (χ3n) is 4.07. The summed E-state index contributed by atoms with van der Waals surface area (Å²) in [4.78, 5) is 0.355. The zero-order valence-electron chi connectivity index (χ0n) is 12.4. The van der Waals surface area contributed by atoms with E-state index in [0.717, 1.165) is 24.8 Å². The van der Waals surface area contributed by atoms with Gasteiger partial charge in [-0.25, -0.2) is 8.42 Å². The minimum atomic E-state index is -3.44. The minimum Gasteiger partial charge on any atom is -0.324 e. The molecule has 0 saturated carbocycles. The summed E-state index contributed by atoms with van der Waals surface area (Å²) in [5.41, 5.74) is 6.70. The van der Waals surface area contributed by atoms with E-state index in [9.17, 15) is 8.42 Å². The maximum absolute atomic E-state index is 12.9. The molecule has 1 heterocycles. The molecule has 0 aliphatic carbocycles. The topological polar surface area (TPSA) is 63.4 Å². The monoisotopic (exact) mass is 296 g/mol. The van der Waals surface area contributed by atoms with E-state index in [-0.39, 0.29) is 18.1 Å². The molecule has 0 bridgehead atoms. The van der Waals surface area contributed by atoms with E-state index in [1.165, 1.54) is 0 Å². The lowest BCUT2D eigenvalue weighted by atomic mass is 10.0. The van der Waals surface area contributed by atoms with Gasteiger partial charge in [-0.2, -0.15) is 4.31 Å². The van der Waals surface area contributed by atoms with Gasteiger partial charge in [-0.15, -0.1) is 0 Å². The van der Waals surface area contributed by atoms with E-state index in [4.69, 9.17) is 5.73 Å². The second-order valence-electron chi connectivity index (χ2n) is 5.83. The fraction of sp³-hybridized carbons (Fsp3) is 0.600. The molecule has 1 saturated heterocycles. The first-order valence-corrected chi connectivity index (χ1v) is 8.67. The highest BCUT2D eigenvalue weighted by Crippen LogP contribution is 2.30. The summed E-state index contributed by atoms with van der Waals surface area (Å²) in [5.74, 6) is 0. The van der Waals surface area contributed by atoms with Crippen LogP contribution in [0.3, 0.4) is 0 Å². The van der Waals surface area contributed by atoms with Gasteiger partial charge in [0.1, 0.15) is 0 Å². The molecule has 20 heavy (non-hydrogen) atoms. The summed E-state index contributed by atoms with van der Waals surface area (Å²) in [6.07, 6.45) is 2.95. The zero-order valence-corrected chi connectivity index (χ0v) is 13.2. The van der Waals surface area contributed by atoms with Gasteiger partial charge in [0, 0.05) is 18.1 Å². The first-order chi connectivity index (χ1) is 9.34. The molecule has 5 heteroatoms. The Hall–Kier alpha value is -0.910. The Morgan fingerprint density at radius 1 is 1.25 bits per heavy atom. The maximum atomic E-state index is 12.9. The standard InChI is InChI=1S/C15H24N2O2S/c1-11-6-4-7-12(2)17(11)20(18,19)15-9-5-8-14(10-15)13(3)16/h5,8-13H,4,6-7,16H2,1-3H3. The lowest BCUT2D eigenvalue weighted by Gasteiger charge is -2.37. The molecule has 1 aliphatic rings. The fourth-order valence-electron chi connectivity index (χ4n) is 2.95. The molecule has 1 fully saturated rings. The average Bonchev–Trinajstić information content (AvgIpc) is 2.38. The molecular weight excluding hydrogens is 272 g/mol. The van der Waals surface area contributed by atoms with E-state index in [1.54, 1.807) is 22.5 Å². The number of piperidine rings is 1. The van der Waals surface area contributed by atoms with E-state index >= 15 is 0 Å². The van der Waals surface area contributed by atoms with Gasteiger partial charge in [-0.05, 0) is 51.3 Å². The van der Waals surface area contributed by atoms with Gasteiger partial charge in [0.2, 0.25) is 10.0 Å². The summed E-state index contributed by atoms with van der Waals surface area (Å²) < 4.78 is 27.4. The SMILES string of the molecule is CC(N)c1cccc(S(=O)(=O)N2C(C)CCCC2C)c1. The average molecular weight is 296 g/mol. The van der Waals surface area contributed by atoms with Crippen molar-refractivity contribution in [3.8, 4) is 0 Å². The van der Waals surface area contributed by atoms with Crippen molar-refractivity contribution in [1.29, 1.82) is 0 Å². The highest BCUT2D eigenvalue weighted by Gasteiger charge is 2.35. The number of nitrogens with zero attached hydrogens (tertiary/aromatic N) is 1. The molecule has 0 aromatic heterocycles. The van der Waals surface area contributed by atoms with Crippen LogP contribution in [-0.2, 0) is 10.0 Å². The molecule has 2 N–H and O–H groups in total. The predicted octanol–water partition coefficient (Wildman–Crippen LogP) is 2.66. The molecule has 0 amide bonds. The Bertz CT molecular complexity index is 559. The summed E-state index contributed by atoms with van der Waals surface area (Å²) in [6.45, 7) is 5.84. The zero-order chi connectivity index (χ0) is 14.9. The quantitative estimate of drug-likeness (QED) is 0.932. The van der Waals surface area contributed by atoms with E-state index < -0.39 is 10.0 Å². The predicted molar refractivity (Wildman–Crippen MR) is 80.8 cm³/mol. The normalized spacial score (nSPS) is 26.4. The molecular formula is C15H24N2O2S. The maximum Gasteiger partial charge on any atom is 0.243 e. The highest BCUT2D eigenvalue weighted by atomic mass is 32.2. The van der Waals surface area contributed by atoms with Crippen molar-refractivity contribution in [2.45, 2.75) is 63.1 Å². The van der Waals surface area contributed by atoms with Crippen LogP contribution < -0.4 is 5.73 Å². The second kappa shape index (κ2) is 5.84. The van der Waals surface area contributed by atoms with Crippen LogP contribution in [-0.4, -0.2) is 24.8 Å². The Kier molecular flexibility index (Phi) is 4.52. The van der Waals surface area contributed by atoms with Crippen LogP contribution in [0.25, 0.3) is 0 Å². The van der Waals surface area contributed by atoms with Crippen LogP contribution in [0.2, 0.25) is 0 Å². The van der Waals surface area contributed by atoms with Crippen LogP contribution in [0.15, 0.2) is 29.2 Å². The Morgan fingerprint density at radius 3 is 2.40 bits per heavy atom. The molecule has 112 valence electrons. The lowest BCUT2D eigenvalue weighted by Crippen LogP contribution is -2.47. The molecule has 1 aromatic rings. The molecule has 2 rings (SSSR count). The van der Waals surface area contributed by atoms with Crippen molar-refractivity contribution in [3.05, 3.63) is 29.8 Å². The van der Waals surface area contributed by atoms with Gasteiger partial charge in [0.05, 0.1) is 4.90 Å². The molecule has 4 nitrogen and oxygen atoms in total. The van der Waals surface area contributed by atoms with Gasteiger partial charge < -0.3 is 5.73 Å². The number of nitrogens with two attached hydrogens (primary N) is 1. The van der Waals surface area contributed by atoms with E-state index in [1.807, 2.05) is 26.8 Å². The summed E-state index contributed by atoms with van der Waals surface area (Å²) >= 11 is 0. The number of hydrogen-bond acceptors (Lipinski definition) is 3. The van der Waals surface area contributed by atoms with Crippen LogP contribution in [0, 0.1) is 0 Å². The van der Waals surface area contributed by atoms with Crippen LogP contribution >= 0.6 is 0 Å². The molecule has 1 aromatic carbocycles. The molecule has 0 spiro atoms. The second-order valence-corrected chi connectivity index (χ2v) is 7.67. The summed E-state index contributed by atoms with van der Waals surface area (Å²) in [6, 6.07) is 6.95. The lowest BCUT2D eigenvalue weighted by molar-refractivity contribution is 0.204. The first kappa shape index (κ1) is 15.5. The van der Waals surface area contributed by atoms with Crippen molar-refractivity contribution in [2.24, 2.45) is 5.73 Å². The van der Waals surface area contributed by atoms with Crippen molar-refractivity contribution >= 4 is 10.0 Å². The van der Waals surface area contributed by atoms with E-state index in [2.05, 4.69) is 0 Å². The fourth-order valence-corrected chi connectivity index (χ4v) is 4.89. The third-order valence-corrected chi connectivity index (χ3v) is 6.20. The minimum absolute atomic E-state index is 0.0581. The smallest absolute Gasteiger partial charge is 0.243 e. The molecule has 3 unspecified atom stereocenters. The largest absolute Gasteiger partial charge is 0.324 e. The van der Waals surface area contributed by atoms with Crippen molar-refractivity contribution in [2.75, 3.05) is 0 Å². The number of rotatable bonds is 3. The van der Waals surface area contributed by atoms with Crippen molar-refractivity contribution in [3.63, 3.8) is 0 Å². The van der Waals surface area contributed by atoms with Gasteiger partial charge in [-0.3, -0.25) is 0 Å². The Morgan fingerprint density at radius 2 is 1.85 bits per heavy atom. The third kappa shape index (κ3) is 2.90. The van der Waals surface area contributed by atoms with Gasteiger partial charge in [0.15, 0.2) is 0 Å². The molecule has 1 aliphatic heterocycles. The van der Waals surface area contributed by atoms with Gasteiger partial charge >= 0.3 is 0 Å². The van der Waals surface area contributed by atoms with Crippen LogP contribution in [0.4, 0.5) is 0 Å². The van der Waals surface area contributed by atoms with Crippen molar-refractivity contribution < 1.29 is 8.42 Å². The Labute approximate surface area is 122 Å². The number of benzene rings is 1. The molecule has 3 atom stereocenters. The van der Waals surface area contributed by atoms with Gasteiger partial charge in [-0.1, -0.05) is 18.6 Å². The Balaban J connectivity index is 2.41. The summed E-state index contributed by atoms with van der Waals surface area (Å²) in [7, 11) is -3.44. The van der Waals surface area contributed by atoms with Gasteiger partial charge in [0.25, 0.3) is 0 Å². The highest BCUT2D eigenvalue weighted by molar-refractivity contribution is 7.89. The van der Waals surface area contributed by atoms with Crippen molar-refractivity contribution in [1.82, 2.24) is 4.31 Å². The molecule has 0 radical (unpaired) electrons.